The summed E-state index contributed by atoms with van der Waals surface area (Å²) < 4.78 is 6.65. The van der Waals surface area contributed by atoms with Crippen molar-refractivity contribution in [2.24, 2.45) is 12.2 Å². The Morgan fingerprint density at radius 1 is 1.80 bits per heavy atom. The Kier molecular flexibility index (Phi) is 3.99. The van der Waals surface area contributed by atoms with Gasteiger partial charge in [0, 0.05) is 23.7 Å². The van der Waals surface area contributed by atoms with Gasteiger partial charge in [0.25, 0.3) is 0 Å². The normalized spacial score (nSPS) is 10.1. The zero-order chi connectivity index (χ0) is 11.4. The van der Waals surface area contributed by atoms with Crippen LogP contribution in [0.15, 0.2) is 17.7 Å². The maximum absolute atomic E-state index is 11.6. The number of ether oxygens (including phenoxy) is 1. The first-order valence-corrected chi connectivity index (χ1v) is 5.39. The van der Waals surface area contributed by atoms with E-state index in [2.05, 4.69) is 6.58 Å². The molecule has 0 spiro atoms. The molecule has 0 atom stereocenters. The van der Waals surface area contributed by atoms with Gasteiger partial charge in [-0.25, -0.2) is 4.79 Å². The van der Waals surface area contributed by atoms with Crippen LogP contribution >= 0.6 is 11.9 Å². The Morgan fingerprint density at radius 3 is 2.93 bits per heavy atom. The van der Waals surface area contributed by atoms with Crippen LogP contribution in [0.2, 0.25) is 0 Å². The van der Waals surface area contributed by atoms with E-state index in [0.717, 1.165) is 22.4 Å². The van der Waals surface area contributed by atoms with Crippen molar-refractivity contribution in [2.45, 2.75) is 11.8 Å². The topological polar surface area (TPSA) is 57.2 Å². The van der Waals surface area contributed by atoms with Gasteiger partial charge < -0.3 is 9.30 Å². The lowest BCUT2D eigenvalue weighted by Gasteiger charge is -2.04. The van der Waals surface area contributed by atoms with Gasteiger partial charge in [-0.1, -0.05) is 12.7 Å². The molecule has 1 aromatic rings. The Morgan fingerprint density at radius 2 is 2.47 bits per heavy atom. The van der Waals surface area contributed by atoms with Crippen LogP contribution in [-0.4, -0.2) is 17.1 Å². The van der Waals surface area contributed by atoms with Gasteiger partial charge in [0.1, 0.15) is 5.69 Å². The summed E-state index contributed by atoms with van der Waals surface area (Å²) in [6, 6.07) is 0. The summed E-state index contributed by atoms with van der Waals surface area (Å²) in [5.74, 6) is -0.352. The Balaban J connectivity index is 3.20. The van der Waals surface area contributed by atoms with E-state index in [4.69, 9.17) is 9.88 Å². The van der Waals surface area contributed by atoms with Crippen molar-refractivity contribution in [2.75, 3.05) is 6.61 Å². The highest BCUT2D eigenvalue weighted by Crippen LogP contribution is 2.25. The van der Waals surface area contributed by atoms with Gasteiger partial charge in [0.05, 0.1) is 6.61 Å². The van der Waals surface area contributed by atoms with Crippen molar-refractivity contribution in [3.63, 3.8) is 0 Å². The van der Waals surface area contributed by atoms with E-state index in [1.165, 1.54) is 0 Å². The standard InChI is InChI=1S/C10H14N2O2S/c1-4-7-8(15-11)6-12(3)9(7)10(13)14-5-2/h4,6H,1,5,11H2,2-3H3. The van der Waals surface area contributed by atoms with Gasteiger partial charge in [-0.05, 0) is 18.9 Å². The Labute approximate surface area is 93.2 Å². The molecule has 4 nitrogen and oxygen atoms in total. The molecule has 0 fully saturated rings. The highest BCUT2D eigenvalue weighted by molar-refractivity contribution is 7.97. The quantitative estimate of drug-likeness (QED) is 0.628. The molecular weight excluding hydrogens is 212 g/mol. The van der Waals surface area contributed by atoms with Gasteiger partial charge >= 0.3 is 5.97 Å². The number of hydrogen-bond donors (Lipinski definition) is 1. The average molecular weight is 226 g/mol. The SMILES string of the molecule is C=Cc1c(SN)cn(C)c1C(=O)OCC. The second-order valence-corrected chi connectivity index (χ2v) is 3.58. The van der Waals surface area contributed by atoms with Gasteiger partial charge in [-0.15, -0.1) is 0 Å². The van der Waals surface area contributed by atoms with Crippen LogP contribution in [0.3, 0.4) is 0 Å². The number of aryl methyl sites for hydroxylation is 1. The lowest BCUT2D eigenvalue weighted by Crippen LogP contribution is -2.10. The summed E-state index contributed by atoms with van der Waals surface area (Å²) in [4.78, 5) is 12.4. The van der Waals surface area contributed by atoms with E-state index in [1.807, 2.05) is 0 Å². The van der Waals surface area contributed by atoms with Crippen molar-refractivity contribution in [1.29, 1.82) is 0 Å². The lowest BCUT2D eigenvalue weighted by atomic mass is 10.2. The average Bonchev–Trinajstić information content (AvgIpc) is 2.54. The summed E-state index contributed by atoms with van der Waals surface area (Å²) in [6.07, 6.45) is 3.40. The van der Waals surface area contributed by atoms with Crippen molar-refractivity contribution < 1.29 is 9.53 Å². The first kappa shape index (κ1) is 11.9. The molecule has 1 rings (SSSR count). The van der Waals surface area contributed by atoms with E-state index in [0.29, 0.717) is 12.3 Å². The second kappa shape index (κ2) is 5.04. The van der Waals surface area contributed by atoms with Crippen molar-refractivity contribution in [3.8, 4) is 0 Å². The fraction of sp³-hybridized carbons (Fsp3) is 0.300. The summed E-state index contributed by atoms with van der Waals surface area (Å²) in [6.45, 7) is 5.79. The molecule has 5 heteroatoms. The van der Waals surface area contributed by atoms with Crippen LogP contribution in [-0.2, 0) is 11.8 Å². The van der Waals surface area contributed by atoms with Crippen LogP contribution in [0.1, 0.15) is 23.0 Å². The van der Waals surface area contributed by atoms with Gasteiger partial charge in [0.15, 0.2) is 0 Å². The summed E-state index contributed by atoms with van der Waals surface area (Å²) in [5.41, 5.74) is 1.21. The number of nitrogens with two attached hydrogens (primary N) is 1. The number of esters is 1. The Bertz CT molecular complexity index is 385. The van der Waals surface area contributed by atoms with Crippen LogP contribution in [0.5, 0.6) is 0 Å². The molecule has 1 heterocycles. The molecule has 0 aromatic carbocycles. The minimum Gasteiger partial charge on any atom is -0.461 e. The summed E-state index contributed by atoms with van der Waals surface area (Å²) in [7, 11) is 1.78. The van der Waals surface area contributed by atoms with Gasteiger partial charge in [-0.2, -0.15) is 0 Å². The van der Waals surface area contributed by atoms with Crippen molar-refractivity contribution >= 4 is 24.0 Å². The van der Waals surface area contributed by atoms with E-state index >= 15 is 0 Å². The fourth-order valence-corrected chi connectivity index (χ4v) is 1.89. The lowest BCUT2D eigenvalue weighted by molar-refractivity contribution is 0.0515. The predicted octanol–water partition coefficient (Wildman–Crippen LogP) is 1.81. The fourth-order valence-electron chi connectivity index (χ4n) is 1.36. The highest BCUT2D eigenvalue weighted by Gasteiger charge is 2.18. The molecular formula is C10H14N2O2S. The van der Waals surface area contributed by atoms with Crippen molar-refractivity contribution in [1.82, 2.24) is 4.57 Å². The van der Waals surface area contributed by atoms with E-state index < -0.39 is 0 Å². The van der Waals surface area contributed by atoms with E-state index in [-0.39, 0.29) is 5.97 Å². The molecule has 0 aliphatic rings. The molecule has 0 saturated heterocycles. The minimum atomic E-state index is -0.352. The largest absolute Gasteiger partial charge is 0.461 e. The number of carbonyl (C=O) groups is 1. The molecule has 2 N–H and O–H groups in total. The van der Waals surface area contributed by atoms with Crippen LogP contribution in [0.4, 0.5) is 0 Å². The third-order valence-electron chi connectivity index (χ3n) is 1.98. The minimum absolute atomic E-state index is 0.352. The predicted molar refractivity (Wildman–Crippen MR) is 61.5 cm³/mol. The molecule has 0 aliphatic carbocycles. The zero-order valence-corrected chi connectivity index (χ0v) is 9.63. The number of hydrogen-bond acceptors (Lipinski definition) is 4. The number of nitrogens with zero attached hydrogens (tertiary/aromatic N) is 1. The first-order valence-electron chi connectivity index (χ1n) is 4.51. The highest BCUT2D eigenvalue weighted by atomic mass is 32.2. The van der Waals surface area contributed by atoms with E-state index in [9.17, 15) is 4.79 Å². The molecule has 0 aliphatic heterocycles. The summed E-state index contributed by atoms with van der Waals surface area (Å²) in [5, 5.41) is 5.49. The number of carbonyl (C=O) groups excluding carboxylic acids is 1. The van der Waals surface area contributed by atoms with Crippen molar-refractivity contribution in [3.05, 3.63) is 24.0 Å². The molecule has 0 radical (unpaired) electrons. The molecule has 0 unspecified atom stereocenters. The summed E-state index contributed by atoms with van der Waals surface area (Å²) >= 11 is 1.09. The maximum atomic E-state index is 11.6. The molecule has 82 valence electrons. The van der Waals surface area contributed by atoms with Gasteiger partial charge in [0.2, 0.25) is 0 Å². The first-order chi connectivity index (χ1) is 7.15. The number of rotatable bonds is 4. The second-order valence-electron chi connectivity index (χ2n) is 2.91. The smallest absolute Gasteiger partial charge is 0.355 e. The van der Waals surface area contributed by atoms with Gasteiger partial charge in [-0.3, -0.25) is 5.14 Å². The van der Waals surface area contributed by atoms with Crippen LogP contribution < -0.4 is 5.14 Å². The van der Waals surface area contributed by atoms with Crippen LogP contribution in [0.25, 0.3) is 6.08 Å². The third-order valence-corrected chi connectivity index (χ3v) is 2.56. The molecule has 0 saturated carbocycles. The molecule has 15 heavy (non-hydrogen) atoms. The Hall–Kier alpha value is -1.20. The molecule has 0 amide bonds. The number of aromatic nitrogens is 1. The maximum Gasteiger partial charge on any atom is 0.355 e. The molecule has 0 bridgehead atoms. The molecule has 1 aromatic heterocycles. The van der Waals surface area contributed by atoms with Crippen LogP contribution in [0, 0.1) is 0 Å². The van der Waals surface area contributed by atoms with E-state index in [1.54, 1.807) is 30.8 Å². The monoisotopic (exact) mass is 226 g/mol. The zero-order valence-electron chi connectivity index (χ0n) is 8.82. The third kappa shape index (κ3) is 2.24.